The van der Waals surface area contributed by atoms with Crippen LogP contribution in [0.2, 0.25) is 0 Å². The zero-order valence-corrected chi connectivity index (χ0v) is 9.38. The van der Waals surface area contributed by atoms with Crippen LogP contribution in [0, 0.1) is 5.92 Å². The number of rotatable bonds is 2. The molecule has 0 unspecified atom stereocenters. The Morgan fingerprint density at radius 3 is 2.00 bits per heavy atom. The molecular weight excluding hydrogens is 258 g/mol. The molecule has 0 amide bonds. The van der Waals surface area contributed by atoms with Gasteiger partial charge in [0.25, 0.3) is 0 Å². The zero-order valence-electron chi connectivity index (χ0n) is 6.36. The Morgan fingerprint density at radius 1 is 1.31 bits per heavy atom. The monoisotopic (exact) mass is 262 g/mol. The molecule has 0 bridgehead atoms. The smallest absolute Gasteiger partial charge is 0.333 e. The lowest BCUT2D eigenvalue weighted by Gasteiger charge is -2.12. The summed E-state index contributed by atoms with van der Waals surface area (Å²) in [7, 11) is 0. The highest BCUT2D eigenvalue weighted by molar-refractivity contribution is 6.73. The van der Waals surface area contributed by atoms with Crippen molar-refractivity contribution in [2.45, 2.75) is 16.6 Å². The summed E-state index contributed by atoms with van der Waals surface area (Å²) in [6.45, 7) is 0. The number of hydrogen-bond donors (Lipinski definition) is 1. The summed E-state index contributed by atoms with van der Waals surface area (Å²) < 4.78 is -1.84. The van der Waals surface area contributed by atoms with Crippen molar-refractivity contribution in [1.29, 1.82) is 0 Å². The molecule has 13 heavy (non-hydrogen) atoms. The fourth-order valence-corrected chi connectivity index (χ4v) is 1.51. The summed E-state index contributed by atoms with van der Waals surface area (Å²) in [4.78, 5) is 10.8. The molecule has 1 rings (SSSR count). The first-order valence-electron chi connectivity index (χ1n) is 3.54. The Morgan fingerprint density at radius 2 is 1.77 bits per heavy atom. The van der Waals surface area contributed by atoms with E-state index in [4.69, 9.17) is 51.5 Å². The van der Waals surface area contributed by atoms with Crippen molar-refractivity contribution in [3.63, 3.8) is 0 Å². The highest BCUT2D eigenvalue weighted by Crippen LogP contribution is 2.46. The van der Waals surface area contributed by atoms with Crippen LogP contribution in [0.4, 0.5) is 0 Å². The van der Waals surface area contributed by atoms with Crippen molar-refractivity contribution in [2.24, 2.45) is 5.92 Å². The maximum Gasteiger partial charge on any atom is 0.333 e. The Labute approximate surface area is 95.4 Å². The SMILES string of the molecule is O=C(O)C(=C(Cl)C(Cl)(Cl)Cl)C1CC1. The van der Waals surface area contributed by atoms with Crippen LogP contribution in [-0.4, -0.2) is 14.9 Å². The number of carboxylic acid groups (broad SMARTS) is 1. The molecule has 0 spiro atoms. The number of carbonyl (C=O) groups is 1. The molecule has 0 heterocycles. The molecule has 0 aromatic carbocycles. The van der Waals surface area contributed by atoms with Crippen LogP contribution in [0.15, 0.2) is 10.6 Å². The van der Waals surface area contributed by atoms with E-state index in [1.165, 1.54) is 0 Å². The van der Waals surface area contributed by atoms with Gasteiger partial charge in [0.05, 0.1) is 10.6 Å². The number of carboxylic acids is 1. The summed E-state index contributed by atoms with van der Waals surface area (Å²) in [6.07, 6.45) is 1.58. The third kappa shape index (κ3) is 2.91. The molecule has 1 N–H and O–H groups in total. The highest BCUT2D eigenvalue weighted by atomic mass is 35.6. The molecule has 1 aliphatic carbocycles. The van der Waals surface area contributed by atoms with E-state index >= 15 is 0 Å². The molecule has 1 aliphatic rings. The lowest BCUT2D eigenvalue weighted by Crippen LogP contribution is -2.12. The Kier molecular flexibility index (Phi) is 3.39. The second-order valence-electron chi connectivity index (χ2n) is 2.80. The maximum absolute atomic E-state index is 10.8. The molecule has 6 heteroatoms. The number of alkyl halides is 3. The van der Waals surface area contributed by atoms with Crippen LogP contribution in [0.5, 0.6) is 0 Å². The predicted octanol–water partition coefficient (Wildman–Crippen LogP) is 3.34. The summed E-state index contributed by atoms with van der Waals surface area (Å²) >= 11 is 22.1. The van der Waals surface area contributed by atoms with E-state index < -0.39 is 9.76 Å². The number of allylic oxidation sites excluding steroid dienone is 1. The summed E-state index contributed by atoms with van der Waals surface area (Å²) in [5.74, 6) is -1.17. The maximum atomic E-state index is 10.8. The van der Waals surface area contributed by atoms with Gasteiger partial charge in [0, 0.05) is 0 Å². The first-order chi connectivity index (χ1) is 5.84. The Balaban J connectivity index is 3.01. The Bertz CT molecular complexity index is 262. The minimum Gasteiger partial charge on any atom is -0.478 e. The van der Waals surface area contributed by atoms with E-state index in [1.54, 1.807) is 0 Å². The van der Waals surface area contributed by atoms with Crippen LogP contribution < -0.4 is 0 Å². The van der Waals surface area contributed by atoms with E-state index in [-0.39, 0.29) is 16.5 Å². The van der Waals surface area contributed by atoms with Gasteiger partial charge < -0.3 is 5.11 Å². The van der Waals surface area contributed by atoms with E-state index in [9.17, 15) is 4.79 Å². The normalized spacial score (nSPS) is 19.7. The molecule has 0 aromatic rings. The number of halogens is 4. The summed E-state index contributed by atoms with van der Waals surface area (Å²) in [5, 5.41) is 8.60. The molecule has 1 saturated carbocycles. The van der Waals surface area contributed by atoms with Crippen molar-refractivity contribution in [3.05, 3.63) is 10.6 Å². The van der Waals surface area contributed by atoms with Crippen LogP contribution >= 0.6 is 46.4 Å². The van der Waals surface area contributed by atoms with Crippen LogP contribution in [0.1, 0.15) is 12.8 Å². The molecular formula is C7H6Cl4O2. The second kappa shape index (κ2) is 3.85. The van der Waals surface area contributed by atoms with E-state index in [0.29, 0.717) is 0 Å². The van der Waals surface area contributed by atoms with Gasteiger partial charge in [-0.25, -0.2) is 4.79 Å². The lowest BCUT2D eigenvalue weighted by molar-refractivity contribution is -0.133. The highest BCUT2D eigenvalue weighted by Gasteiger charge is 2.38. The third-order valence-corrected chi connectivity index (χ3v) is 3.05. The standard InChI is InChI=1S/C7H6Cl4O2/c8-5(7(9,10)11)4(6(12)13)3-1-2-3/h3H,1-2H2,(H,12,13). The van der Waals surface area contributed by atoms with E-state index in [1.807, 2.05) is 0 Å². The van der Waals surface area contributed by atoms with Crippen molar-refractivity contribution < 1.29 is 9.90 Å². The van der Waals surface area contributed by atoms with Gasteiger partial charge in [0.15, 0.2) is 0 Å². The van der Waals surface area contributed by atoms with Gasteiger partial charge in [-0.2, -0.15) is 0 Å². The minimum absolute atomic E-state index is 0.0293. The minimum atomic E-state index is -1.84. The van der Waals surface area contributed by atoms with Gasteiger partial charge in [-0.15, -0.1) is 0 Å². The van der Waals surface area contributed by atoms with Gasteiger partial charge >= 0.3 is 5.97 Å². The number of aliphatic carboxylic acids is 1. The third-order valence-electron chi connectivity index (χ3n) is 1.70. The van der Waals surface area contributed by atoms with Gasteiger partial charge in [-0.1, -0.05) is 46.4 Å². The molecule has 2 nitrogen and oxygen atoms in total. The fourth-order valence-electron chi connectivity index (χ4n) is 0.972. The lowest BCUT2D eigenvalue weighted by atomic mass is 10.1. The van der Waals surface area contributed by atoms with Crippen LogP contribution in [-0.2, 0) is 4.79 Å². The van der Waals surface area contributed by atoms with Crippen molar-refractivity contribution in [3.8, 4) is 0 Å². The topological polar surface area (TPSA) is 37.3 Å². The molecule has 0 saturated heterocycles. The fraction of sp³-hybridized carbons (Fsp3) is 0.571. The molecule has 0 atom stereocenters. The van der Waals surface area contributed by atoms with Crippen molar-refractivity contribution in [2.75, 3.05) is 0 Å². The quantitative estimate of drug-likeness (QED) is 0.613. The van der Waals surface area contributed by atoms with Gasteiger partial charge in [0.1, 0.15) is 0 Å². The Hall–Kier alpha value is 0.370. The summed E-state index contributed by atoms with van der Waals surface area (Å²) in [6, 6.07) is 0. The average Bonchev–Trinajstić information content (AvgIpc) is 2.68. The largest absolute Gasteiger partial charge is 0.478 e. The van der Waals surface area contributed by atoms with Crippen LogP contribution in [0.25, 0.3) is 0 Å². The molecule has 0 radical (unpaired) electrons. The van der Waals surface area contributed by atoms with Gasteiger partial charge in [0.2, 0.25) is 3.79 Å². The van der Waals surface area contributed by atoms with E-state index in [2.05, 4.69) is 0 Å². The average molecular weight is 264 g/mol. The van der Waals surface area contributed by atoms with Gasteiger partial charge in [-0.3, -0.25) is 0 Å². The first kappa shape index (κ1) is 11.4. The molecule has 0 aromatic heterocycles. The molecule has 74 valence electrons. The molecule has 0 aliphatic heterocycles. The molecule has 1 fully saturated rings. The van der Waals surface area contributed by atoms with E-state index in [0.717, 1.165) is 12.8 Å². The van der Waals surface area contributed by atoms with Crippen molar-refractivity contribution in [1.82, 2.24) is 0 Å². The first-order valence-corrected chi connectivity index (χ1v) is 5.05. The van der Waals surface area contributed by atoms with Crippen LogP contribution in [0.3, 0.4) is 0 Å². The van der Waals surface area contributed by atoms with Crippen molar-refractivity contribution >= 4 is 52.4 Å². The number of hydrogen-bond acceptors (Lipinski definition) is 1. The summed E-state index contributed by atoms with van der Waals surface area (Å²) in [5.41, 5.74) is 0.0293. The zero-order chi connectivity index (χ0) is 10.2. The van der Waals surface area contributed by atoms with Gasteiger partial charge in [-0.05, 0) is 18.8 Å². The second-order valence-corrected chi connectivity index (χ2v) is 5.46. The predicted molar refractivity (Wildman–Crippen MR) is 53.5 cm³/mol.